The number of halogens is 1. The monoisotopic (exact) mass is 395 g/mol. The number of hydrazine groups is 1. The van der Waals surface area contributed by atoms with E-state index in [-0.39, 0.29) is 17.7 Å². The molecule has 1 heterocycles. The SMILES string of the molecule is CCCN(N)C1=Nc2c(OC)ccc(OC)c2C(c2ccc(C#N)cc2F)=NC1. The molecule has 8 heteroatoms. The first kappa shape index (κ1) is 20.3. The minimum absolute atomic E-state index is 0.159. The van der Waals surface area contributed by atoms with Crippen molar-refractivity contribution in [3.63, 3.8) is 0 Å². The smallest absolute Gasteiger partial charge is 0.145 e. The van der Waals surface area contributed by atoms with Crippen LogP contribution >= 0.6 is 0 Å². The summed E-state index contributed by atoms with van der Waals surface area (Å²) in [5.74, 6) is 7.10. The van der Waals surface area contributed by atoms with Crippen molar-refractivity contribution in [3.8, 4) is 17.6 Å². The van der Waals surface area contributed by atoms with E-state index in [1.165, 1.54) is 31.4 Å². The third-order valence-corrected chi connectivity index (χ3v) is 4.55. The number of fused-ring (bicyclic) bond motifs is 1. The molecule has 29 heavy (non-hydrogen) atoms. The van der Waals surface area contributed by atoms with Crippen LogP contribution in [0.25, 0.3) is 0 Å². The van der Waals surface area contributed by atoms with Gasteiger partial charge in [0.05, 0.1) is 43.7 Å². The number of rotatable bonds is 5. The first-order valence-corrected chi connectivity index (χ1v) is 9.13. The van der Waals surface area contributed by atoms with Crippen molar-refractivity contribution in [3.05, 3.63) is 52.8 Å². The summed E-state index contributed by atoms with van der Waals surface area (Å²) in [5, 5.41) is 10.6. The molecule has 0 amide bonds. The van der Waals surface area contributed by atoms with Crippen LogP contribution < -0.4 is 15.3 Å². The molecule has 0 aliphatic carbocycles. The molecule has 0 radical (unpaired) electrons. The van der Waals surface area contributed by atoms with Crippen LogP contribution in [0.3, 0.4) is 0 Å². The third kappa shape index (κ3) is 3.91. The molecule has 1 aliphatic heterocycles. The second-order valence-corrected chi connectivity index (χ2v) is 6.39. The Kier molecular flexibility index (Phi) is 6.10. The average Bonchev–Trinajstić information content (AvgIpc) is 2.93. The zero-order valence-corrected chi connectivity index (χ0v) is 16.6. The number of methoxy groups -OCH3 is 2. The van der Waals surface area contributed by atoms with Crippen molar-refractivity contribution in [2.75, 3.05) is 27.3 Å². The van der Waals surface area contributed by atoms with E-state index in [0.717, 1.165) is 6.42 Å². The highest BCUT2D eigenvalue weighted by molar-refractivity contribution is 6.19. The van der Waals surface area contributed by atoms with Gasteiger partial charge < -0.3 is 9.47 Å². The second kappa shape index (κ2) is 8.71. The Hall–Kier alpha value is -3.44. The third-order valence-electron chi connectivity index (χ3n) is 4.55. The lowest BCUT2D eigenvalue weighted by Crippen LogP contribution is -2.39. The summed E-state index contributed by atoms with van der Waals surface area (Å²) in [5.41, 5.74) is 1.81. The summed E-state index contributed by atoms with van der Waals surface area (Å²) in [4.78, 5) is 9.33. The molecular formula is C21H22FN5O2. The van der Waals surface area contributed by atoms with Crippen LogP contribution in [-0.2, 0) is 0 Å². The highest BCUT2D eigenvalue weighted by atomic mass is 19.1. The number of hydrogen-bond acceptors (Lipinski definition) is 7. The Labute approximate surface area is 168 Å². The maximum atomic E-state index is 14.9. The first-order chi connectivity index (χ1) is 14.0. The molecule has 3 rings (SSSR count). The number of nitriles is 1. The van der Waals surface area contributed by atoms with Gasteiger partial charge in [0.25, 0.3) is 0 Å². The number of aliphatic imine (C=N–C) groups is 2. The van der Waals surface area contributed by atoms with E-state index in [2.05, 4.69) is 4.99 Å². The molecule has 150 valence electrons. The van der Waals surface area contributed by atoms with Crippen LogP contribution in [0.1, 0.15) is 30.0 Å². The van der Waals surface area contributed by atoms with Gasteiger partial charge in [0, 0.05) is 12.1 Å². The van der Waals surface area contributed by atoms with E-state index in [1.807, 2.05) is 13.0 Å². The van der Waals surface area contributed by atoms with Gasteiger partial charge in [-0.05, 0) is 36.8 Å². The molecule has 0 unspecified atom stereocenters. The number of nitrogens with zero attached hydrogens (tertiary/aromatic N) is 4. The standard InChI is InChI=1S/C21H22FN5O2/c1-4-9-27(24)18-12-25-20(14-6-5-13(11-23)10-15(14)22)19-16(28-2)7-8-17(29-3)21(19)26-18/h5-8,10H,4,9,12,24H2,1-3H3. The summed E-state index contributed by atoms with van der Waals surface area (Å²) < 4.78 is 25.9. The molecule has 0 saturated carbocycles. The van der Waals surface area contributed by atoms with E-state index >= 15 is 0 Å². The summed E-state index contributed by atoms with van der Waals surface area (Å²) >= 11 is 0. The molecule has 2 N–H and O–H groups in total. The molecule has 0 saturated heterocycles. The van der Waals surface area contributed by atoms with Gasteiger partial charge in [0.15, 0.2) is 0 Å². The number of benzene rings is 2. The largest absolute Gasteiger partial charge is 0.496 e. The lowest BCUT2D eigenvalue weighted by Gasteiger charge is -2.18. The van der Waals surface area contributed by atoms with Gasteiger partial charge in [0.1, 0.15) is 28.8 Å². The molecule has 0 spiro atoms. The zero-order valence-electron chi connectivity index (χ0n) is 16.6. The van der Waals surface area contributed by atoms with Gasteiger partial charge >= 0.3 is 0 Å². The number of ether oxygens (including phenoxy) is 2. The summed E-state index contributed by atoms with van der Waals surface area (Å²) in [6.45, 7) is 2.76. The van der Waals surface area contributed by atoms with Gasteiger partial charge in [-0.2, -0.15) is 5.26 Å². The summed E-state index contributed by atoms with van der Waals surface area (Å²) in [6.07, 6.45) is 0.832. The second-order valence-electron chi connectivity index (χ2n) is 6.39. The quantitative estimate of drug-likeness (QED) is 0.620. The molecule has 1 aliphatic rings. The van der Waals surface area contributed by atoms with Crippen LogP contribution in [0, 0.1) is 17.1 Å². The summed E-state index contributed by atoms with van der Waals surface area (Å²) in [7, 11) is 3.06. The Morgan fingerprint density at radius 1 is 1.21 bits per heavy atom. The van der Waals surface area contributed by atoms with Crippen molar-refractivity contribution in [1.82, 2.24) is 5.01 Å². The highest BCUT2D eigenvalue weighted by Gasteiger charge is 2.26. The first-order valence-electron chi connectivity index (χ1n) is 9.13. The van der Waals surface area contributed by atoms with Gasteiger partial charge in [-0.3, -0.25) is 10.0 Å². The lowest BCUT2D eigenvalue weighted by atomic mass is 9.97. The Bertz CT molecular complexity index is 1030. The fraction of sp³-hybridized carbons (Fsp3) is 0.286. The fourth-order valence-corrected chi connectivity index (χ4v) is 3.14. The van der Waals surface area contributed by atoms with E-state index in [4.69, 9.17) is 25.6 Å². The van der Waals surface area contributed by atoms with Crippen molar-refractivity contribution < 1.29 is 13.9 Å². The van der Waals surface area contributed by atoms with Crippen LogP contribution in [0.4, 0.5) is 10.1 Å². The van der Waals surface area contributed by atoms with E-state index in [0.29, 0.717) is 40.8 Å². The summed E-state index contributed by atoms with van der Waals surface area (Å²) in [6, 6.07) is 9.66. The van der Waals surface area contributed by atoms with Crippen LogP contribution in [0.15, 0.2) is 40.3 Å². The Morgan fingerprint density at radius 2 is 1.93 bits per heavy atom. The Morgan fingerprint density at radius 3 is 2.55 bits per heavy atom. The van der Waals surface area contributed by atoms with E-state index in [9.17, 15) is 4.39 Å². The normalized spacial score (nSPS) is 12.8. The van der Waals surface area contributed by atoms with Gasteiger partial charge in [-0.15, -0.1) is 0 Å². The number of nitrogens with two attached hydrogens (primary N) is 1. The van der Waals surface area contributed by atoms with Crippen LogP contribution in [-0.4, -0.2) is 43.9 Å². The van der Waals surface area contributed by atoms with E-state index in [1.54, 1.807) is 18.2 Å². The minimum atomic E-state index is -0.555. The molecule has 2 aromatic carbocycles. The minimum Gasteiger partial charge on any atom is -0.496 e. The topological polar surface area (TPSA) is 96.2 Å². The van der Waals surface area contributed by atoms with Crippen LogP contribution in [0.5, 0.6) is 11.5 Å². The predicted octanol–water partition coefficient (Wildman–Crippen LogP) is 3.18. The Balaban J connectivity index is 2.28. The average molecular weight is 395 g/mol. The van der Waals surface area contributed by atoms with Gasteiger partial charge in [-0.1, -0.05) is 6.92 Å². The number of amidine groups is 1. The zero-order chi connectivity index (χ0) is 21.0. The van der Waals surface area contributed by atoms with Crippen molar-refractivity contribution in [2.45, 2.75) is 13.3 Å². The molecule has 0 fully saturated rings. The van der Waals surface area contributed by atoms with Gasteiger partial charge in [0.2, 0.25) is 0 Å². The molecular weight excluding hydrogens is 373 g/mol. The predicted molar refractivity (Wildman–Crippen MR) is 109 cm³/mol. The molecule has 7 nitrogen and oxygen atoms in total. The van der Waals surface area contributed by atoms with Crippen molar-refractivity contribution in [2.24, 2.45) is 15.8 Å². The molecule has 0 atom stereocenters. The molecule has 2 aromatic rings. The van der Waals surface area contributed by atoms with Crippen LogP contribution in [0.2, 0.25) is 0 Å². The van der Waals surface area contributed by atoms with Gasteiger partial charge in [-0.25, -0.2) is 15.2 Å². The molecule has 0 bridgehead atoms. The fourth-order valence-electron chi connectivity index (χ4n) is 3.14. The van der Waals surface area contributed by atoms with Crippen molar-refractivity contribution in [1.29, 1.82) is 5.26 Å². The van der Waals surface area contributed by atoms with E-state index < -0.39 is 5.82 Å². The number of hydrogen-bond donors (Lipinski definition) is 1. The van der Waals surface area contributed by atoms with Crippen molar-refractivity contribution >= 4 is 17.2 Å². The molecule has 0 aromatic heterocycles. The maximum Gasteiger partial charge on any atom is 0.145 e. The maximum absolute atomic E-state index is 14.9. The highest BCUT2D eigenvalue weighted by Crippen LogP contribution is 2.41. The lowest BCUT2D eigenvalue weighted by molar-refractivity contribution is 0.403.